The maximum atomic E-state index is 11.9. The predicted octanol–water partition coefficient (Wildman–Crippen LogP) is 3.43. The number of rotatable bonds is 6. The number of hydrogen-bond acceptors (Lipinski definition) is 4. The average molecular weight is 359 g/mol. The molecule has 23 heavy (non-hydrogen) atoms. The van der Waals surface area contributed by atoms with Gasteiger partial charge in [-0.3, -0.25) is 4.79 Å². The van der Waals surface area contributed by atoms with E-state index in [0.29, 0.717) is 6.42 Å². The van der Waals surface area contributed by atoms with Crippen LogP contribution in [0.1, 0.15) is 27.2 Å². The minimum atomic E-state index is -1.96. The Bertz CT molecular complexity index is 450. The van der Waals surface area contributed by atoms with Crippen molar-refractivity contribution in [3.05, 3.63) is 0 Å². The zero-order valence-electron chi connectivity index (χ0n) is 16.2. The molecule has 0 heterocycles. The van der Waals surface area contributed by atoms with Gasteiger partial charge >= 0.3 is 5.97 Å². The Labute approximate surface area is 144 Å². The van der Waals surface area contributed by atoms with Crippen LogP contribution in [0.2, 0.25) is 37.8 Å². The second-order valence-corrected chi connectivity index (χ2v) is 18.1. The van der Waals surface area contributed by atoms with Crippen LogP contribution in [0.3, 0.4) is 0 Å². The molecule has 134 valence electrons. The molecule has 4 nitrogen and oxygen atoms in total. The standard InChI is InChI=1S/C17H34O4Si2/c1-17(2,3)23(8,9)21-13-15(18)14(16(19)20-4)11-10-12-22(5,6)7/h14-15,18H,11,13H2,1-9H3/t14-,15-/m0/s1. The minimum Gasteiger partial charge on any atom is -0.469 e. The maximum absolute atomic E-state index is 11.9. The third kappa shape index (κ3) is 8.16. The molecular weight excluding hydrogens is 324 g/mol. The molecular formula is C17H34O4Si2. The third-order valence-corrected chi connectivity index (χ3v) is 9.60. The first-order valence-electron chi connectivity index (χ1n) is 8.11. The molecule has 0 aromatic rings. The summed E-state index contributed by atoms with van der Waals surface area (Å²) in [4.78, 5) is 11.9. The summed E-state index contributed by atoms with van der Waals surface area (Å²) in [5.74, 6) is 1.97. The third-order valence-electron chi connectivity index (χ3n) is 4.17. The van der Waals surface area contributed by atoms with Crippen molar-refractivity contribution in [2.45, 2.75) is 71.1 Å². The van der Waals surface area contributed by atoms with Crippen LogP contribution in [0.15, 0.2) is 0 Å². The van der Waals surface area contributed by atoms with E-state index in [-0.39, 0.29) is 11.6 Å². The van der Waals surface area contributed by atoms with E-state index in [2.05, 4.69) is 65.0 Å². The molecule has 0 unspecified atom stereocenters. The lowest BCUT2D eigenvalue weighted by Crippen LogP contribution is -2.44. The van der Waals surface area contributed by atoms with E-state index in [4.69, 9.17) is 9.16 Å². The van der Waals surface area contributed by atoms with Crippen molar-refractivity contribution in [2.24, 2.45) is 5.92 Å². The van der Waals surface area contributed by atoms with Gasteiger partial charge in [-0.15, -0.1) is 11.5 Å². The fourth-order valence-corrected chi connectivity index (χ4v) is 3.23. The van der Waals surface area contributed by atoms with Crippen molar-refractivity contribution in [3.8, 4) is 11.5 Å². The Morgan fingerprint density at radius 3 is 2.09 bits per heavy atom. The highest BCUT2D eigenvalue weighted by Gasteiger charge is 2.38. The summed E-state index contributed by atoms with van der Waals surface area (Å²) >= 11 is 0. The second kappa shape index (κ2) is 8.47. The number of methoxy groups -OCH3 is 1. The topological polar surface area (TPSA) is 55.8 Å². The summed E-state index contributed by atoms with van der Waals surface area (Å²) in [6.45, 7) is 17.2. The molecule has 0 aliphatic carbocycles. The Kier molecular flexibility index (Phi) is 8.25. The number of esters is 1. The molecule has 0 aromatic heterocycles. The number of ether oxygens (including phenoxy) is 1. The second-order valence-electron chi connectivity index (χ2n) is 8.52. The van der Waals surface area contributed by atoms with Gasteiger partial charge in [0.1, 0.15) is 8.07 Å². The van der Waals surface area contributed by atoms with Crippen LogP contribution in [0.4, 0.5) is 0 Å². The highest BCUT2D eigenvalue weighted by molar-refractivity contribution is 6.83. The van der Waals surface area contributed by atoms with Crippen LogP contribution in [0.25, 0.3) is 0 Å². The van der Waals surface area contributed by atoms with Crippen LogP contribution < -0.4 is 0 Å². The first-order valence-corrected chi connectivity index (χ1v) is 14.5. The zero-order chi connectivity index (χ0) is 18.5. The van der Waals surface area contributed by atoms with Crippen molar-refractivity contribution in [1.82, 2.24) is 0 Å². The Balaban J connectivity index is 4.93. The van der Waals surface area contributed by atoms with Crippen LogP contribution in [0.5, 0.6) is 0 Å². The molecule has 0 aliphatic heterocycles. The quantitative estimate of drug-likeness (QED) is 0.449. The smallest absolute Gasteiger partial charge is 0.312 e. The summed E-state index contributed by atoms with van der Waals surface area (Å²) in [5.41, 5.74) is 3.22. The average Bonchev–Trinajstić information content (AvgIpc) is 2.37. The van der Waals surface area contributed by atoms with Gasteiger partial charge in [0.2, 0.25) is 0 Å². The molecule has 0 rings (SSSR count). The fourth-order valence-electron chi connectivity index (χ4n) is 1.58. The van der Waals surface area contributed by atoms with E-state index < -0.39 is 34.4 Å². The SMILES string of the molecule is COC(=O)[C@@H](CC#C[Si](C)(C)C)[C@@H](O)CO[Si](C)(C)C(C)(C)C. The molecule has 0 aromatic carbocycles. The van der Waals surface area contributed by atoms with Crippen molar-refractivity contribution in [2.75, 3.05) is 13.7 Å². The monoisotopic (exact) mass is 358 g/mol. The number of carbonyl (C=O) groups is 1. The highest BCUT2D eigenvalue weighted by atomic mass is 28.4. The summed E-state index contributed by atoms with van der Waals surface area (Å²) in [5, 5.41) is 10.5. The Morgan fingerprint density at radius 2 is 1.70 bits per heavy atom. The Hall–Kier alpha value is -0.616. The molecule has 0 amide bonds. The molecule has 0 fully saturated rings. The van der Waals surface area contributed by atoms with Gasteiger partial charge in [0.05, 0.1) is 25.7 Å². The summed E-state index contributed by atoms with van der Waals surface area (Å²) in [6.07, 6.45) is -0.591. The van der Waals surface area contributed by atoms with Gasteiger partial charge in [-0.25, -0.2) is 0 Å². The molecule has 0 bridgehead atoms. The lowest BCUT2D eigenvalue weighted by molar-refractivity contribution is -0.150. The summed E-state index contributed by atoms with van der Waals surface area (Å²) < 4.78 is 10.8. The molecule has 0 aliphatic rings. The van der Waals surface area contributed by atoms with E-state index in [0.717, 1.165) is 0 Å². The van der Waals surface area contributed by atoms with Crippen LogP contribution in [-0.4, -0.2) is 47.3 Å². The van der Waals surface area contributed by atoms with E-state index in [1.807, 2.05) is 0 Å². The van der Waals surface area contributed by atoms with Gasteiger partial charge in [0, 0.05) is 6.42 Å². The zero-order valence-corrected chi connectivity index (χ0v) is 18.2. The number of aliphatic hydroxyl groups is 1. The first-order chi connectivity index (χ1) is 10.2. The maximum Gasteiger partial charge on any atom is 0.312 e. The highest BCUT2D eigenvalue weighted by Crippen LogP contribution is 2.36. The lowest BCUT2D eigenvalue weighted by atomic mass is 10.00. The van der Waals surface area contributed by atoms with Crippen molar-refractivity contribution < 1.29 is 19.1 Å². The lowest BCUT2D eigenvalue weighted by Gasteiger charge is -2.37. The molecule has 0 saturated carbocycles. The van der Waals surface area contributed by atoms with Gasteiger partial charge in [0.25, 0.3) is 0 Å². The molecule has 6 heteroatoms. The normalized spacial score (nSPS) is 15.4. The van der Waals surface area contributed by atoms with Gasteiger partial charge in [-0.2, -0.15) is 0 Å². The van der Waals surface area contributed by atoms with Gasteiger partial charge in [-0.1, -0.05) is 40.4 Å². The Morgan fingerprint density at radius 1 is 1.17 bits per heavy atom. The number of aliphatic hydroxyl groups excluding tert-OH is 1. The van der Waals surface area contributed by atoms with Crippen molar-refractivity contribution >= 4 is 22.4 Å². The fraction of sp³-hybridized carbons (Fsp3) is 0.824. The molecule has 0 saturated heterocycles. The van der Waals surface area contributed by atoms with Gasteiger partial charge < -0.3 is 14.3 Å². The van der Waals surface area contributed by atoms with Crippen LogP contribution in [-0.2, 0) is 14.0 Å². The van der Waals surface area contributed by atoms with Crippen molar-refractivity contribution in [3.63, 3.8) is 0 Å². The number of carbonyl (C=O) groups excluding carboxylic acids is 1. The van der Waals surface area contributed by atoms with E-state index >= 15 is 0 Å². The molecule has 0 radical (unpaired) electrons. The molecule has 0 spiro atoms. The molecule has 1 N–H and O–H groups in total. The van der Waals surface area contributed by atoms with Crippen molar-refractivity contribution in [1.29, 1.82) is 0 Å². The van der Waals surface area contributed by atoms with E-state index in [9.17, 15) is 9.90 Å². The van der Waals surface area contributed by atoms with E-state index in [1.54, 1.807) is 0 Å². The largest absolute Gasteiger partial charge is 0.469 e. The molecule has 2 atom stereocenters. The minimum absolute atomic E-state index is 0.0606. The van der Waals surface area contributed by atoms with Gasteiger partial charge in [-0.05, 0) is 18.1 Å². The number of hydrogen-bond donors (Lipinski definition) is 1. The van der Waals surface area contributed by atoms with Crippen LogP contribution >= 0.6 is 0 Å². The summed E-state index contributed by atoms with van der Waals surface area (Å²) in [6, 6.07) is 0. The van der Waals surface area contributed by atoms with Crippen LogP contribution in [0, 0.1) is 17.4 Å². The first kappa shape index (κ1) is 22.4. The predicted molar refractivity (Wildman–Crippen MR) is 100 cm³/mol. The summed E-state index contributed by atoms with van der Waals surface area (Å²) in [7, 11) is -2.12. The van der Waals surface area contributed by atoms with E-state index in [1.165, 1.54) is 7.11 Å². The van der Waals surface area contributed by atoms with Gasteiger partial charge in [0.15, 0.2) is 8.32 Å².